The van der Waals surface area contributed by atoms with Crippen molar-refractivity contribution < 1.29 is 4.79 Å². The van der Waals surface area contributed by atoms with Gasteiger partial charge in [-0.05, 0) is 42.9 Å². The third-order valence-corrected chi connectivity index (χ3v) is 4.04. The van der Waals surface area contributed by atoms with Crippen LogP contribution in [0.15, 0.2) is 18.2 Å². The van der Waals surface area contributed by atoms with E-state index in [1.165, 1.54) is 0 Å². The third-order valence-electron chi connectivity index (χ3n) is 3.48. The van der Waals surface area contributed by atoms with E-state index in [-0.39, 0.29) is 11.9 Å². The lowest BCUT2D eigenvalue weighted by molar-refractivity contribution is 0.0936. The molecule has 98 valence electrons. The molecule has 2 rings (SSSR count). The molecule has 0 heterocycles. The van der Waals surface area contributed by atoms with E-state index in [2.05, 4.69) is 19.2 Å². The maximum Gasteiger partial charge on any atom is 0.253 e. The molecule has 0 bridgehead atoms. The van der Waals surface area contributed by atoms with Crippen LogP contribution in [0.4, 0.5) is 0 Å². The third kappa shape index (κ3) is 3.18. The van der Waals surface area contributed by atoms with Gasteiger partial charge in [-0.25, -0.2) is 0 Å². The van der Waals surface area contributed by atoms with E-state index < -0.39 is 0 Å². The molecule has 18 heavy (non-hydrogen) atoms. The van der Waals surface area contributed by atoms with Crippen molar-refractivity contribution in [1.82, 2.24) is 5.32 Å². The number of hydrogen-bond acceptors (Lipinski definition) is 1. The van der Waals surface area contributed by atoms with E-state index in [1.807, 2.05) is 0 Å². The number of rotatable bonds is 2. The first-order valence-corrected chi connectivity index (χ1v) is 6.89. The van der Waals surface area contributed by atoms with Crippen molar-refractivity contribution in [3.63, 3.8) is 0 Å². The molecule has 1 atom stereocenters. The lowest BCUT2D eigenvalue weighted by Gasteiger charge is -2.18. The smallest absolute Gasteiger partial charge is 0.253 e. The van der Waals surface area contributed by atoms with Crippen LogP contribution in [0.5, 0.6) is 0 Å². The van der Waals surface area contributed by atoms with Gasteiger partial charge < -0.3 is 5.32 Å². The summed E-state index contributed by atoms with van der Waals surface area (Å²) in [6, 6.07) is 5.18. The van der Waals surface area contributed by atoms with Gasteiger partial charge in [0.2, 0.25) is 0 Å². The summed E-state index contributed by atoms with van der Waals surface area (Å²) >= 11 is 11.9. The van der Waals surface area contributed by atoms with Crippen LogP contribution in [0.25, 0.3) is 0 Å². The Bertz CT molecular complexity index is 471. The largest absolute Gasteiger partial charge is 0.349 e. The van der Waals surface area contributed by atoms with E-state index in [0.717, 1.165) is 19.3 Å². The number of nitrogens with one attached hydrogen (secondary N) is 1. The fourth-order valence-corrected chi connectivity index (χ4v) is 2.87. The van der Waals surface area contributed by atoms with E-state index in [9.17, 15) is 4.79 Å². The standard InChI is InChI=1S/C14H17Cl2NO/c1-14(2)6-5-10(8-14)17-13(18)11-7-9(15)3-4-12(11)16/h3-4,7,10H,5-6,8H2,1-2H3,(H,17,18). The highest BCUT2D eigenvalue weighted by Gasteiger charge is 2.32. The highest BCUT2D eigenvalue weighted by Crippen LogP contribution is 2.37. The highest BCUT2D eigenvalue weighted by molar-refractivity contribution is 6.35. The fourth-order valence-electron chi connectivity index (χ4n) is 2.49. The van der Waals surface area contributed by atoms with Crippen LogP contribution in [0.2, 0.25) is 10.0 Å². The van der Waals surface area contributed by atoms with Crippen LogP contribution in [0, 0.1) is 5.41 Å². The molecule has 0 spiro atoms. The van der Waals surface area contributed by atoms with Gasteiger partial charge in [-0.3, -0.25) is 4.79 Å². The van der Waals surface area contributed by atoms with Crippen LogP contribution in [-0.2, 0) is 0 Å². The van der Waals surface area contributed by atoms with Crippen molar-refractivity contribution >= 4 is 29.1 Å². The molecule has 4 heteroatoms. The van der Waals surface area contributed by atoms with Crippen LogP contribution < -0.4 is 5.32 Å². The number of benzene rings is 1. The van der Waals surface area contributed by atoms with Gasteiger partial charge in [0.05, 0.1) is 10.6 Å². The maximum atomic E-state index is 12.1. The number of amides is 1. The van der Waals surface area contributed by atoms with Gasteiger partial charge in [0.15, 0.2) is 0 Å². The Morgan fingerprint density at radius 2 is 2.11 bits per heavy atom. The van der Waals surface area contributed by atoms with E-state index in [4.69, 9.17) is 23.2 Å². The average molecular weight is 286 g/mol. The predicted molar refractivity (Wildman–Crippen MR) is 75.3 cm³/mol. The lowest BCUT2D eigenvalue weighted by Crippen LogP contribution is -2.33. The molecule has 1 aromatic rings. The Morgan fingerprint density at radius 3 is 2.72 bits per heavy atom. The van der Waals surface area contributed by atoms with Crippen LogP contribution in [-0.4, -0.2) is 11.9 Å². The normalized spacial score (nSPS) is 21.9. The maximum absolute atomic E-state index is 12.1. The zero-order valence-corrected chi connectivity index (χ0v) is 12.1. The molecule has 1 aliphatic carbocycles. The zero-order chi connectivity index (χ0) is 13.3. The monoisotopic (exact) mass is 285 g/mol. The minimum absolute atomic E-state index is 0.134. The number of hydrogen-bond donors (Lipinski definition) is 1. The minimum atomic E-state index is -0.134. The number of carbonyl (C=O) groups excluding carboxylic acids is 1. The summed E-state index contributed by atoms with van der Waals surface area (Å²) in [5.74, 6) is -0.134. The first-order chi connectivity index (χ1) is 8.37. The van der Waals surface area contributed by atoms with E-state index in [0.29, 0.717) is 21.0 Å². The molecular formula is C14H17Cl2NO. The van der Waals surface area contributed by atoms with Gasteiger partial charge in [-0.2, -0.15) is 0 Å². The van der Waals surface area contributed by atoms with Crippen LogP contribution in [0.3, 0.4) is 0 Å². The molecule has 1 aliphatic rings. The van der Waals surface area contributed by atoms with Crippen molar-refractivity contribution in [2.75, 3.05) is 0 Å². The highest BCUT2D eigenvalue weighted by atomic mass is 35.5. The second kappa shape index (κ2) is 5.10. The SMILES string of the molecule is CC1(C)CCC(NC(=O)c2cc(Cl)ccc2Cl)C1. The summed E-state index contributed by atoms with van der Waals surface area (Å²) in [6.07, 6.45) is 3.18. The molecule has 0 radical (unpaired) electrons. The summed E-state index contributed by atoms with van der Waals surface area (Å²) in [4.78, 5) is 12.1. The number of halogens is 2. The summed E-state index contributed by atoms with van der Waals surface area (Å²) < 4.78 is 0. The van der Waals surface area contributed by atoms with Gasteiger partial charge in [0.25, 0.3) is 5.91 Å². The molecule has 1 unspecified atom stereocenters. The van der Waals surface area contributed by atoms with Gasteiger partial charge in [-0.1, -0.05) is 37.0 Å². The molecule has 1 amide bonds. The van der Waals surface area contributed by atoms with Gasteiger partial charge in [0, 0.05) is 11.1 Å². The Morgan fingerprint density at radius 1 is 1.39 bits per heavy atom. The van der Waals surface area contributed by atoms with Crippen molar-refractivity contribution in [2.45, 2.75) is 39.2 Å². The minimum Gasteiger partial charge on any atom is -0.349 e. The molecule has 1 fully saturated rings. The molecular weight excluding hydrogens is 269 g/mol. The van der Waals surface area contributed by atoms with Crippen molar-refractivity contribution in [2.24, 2.45) is 5.41 Å². The first-order valence-electron chi connectivity index (χ1n) is 6.13. The van der Waals surface area contributed by atoms with Crippen molar-refractivity contribution in [3.05, 3.63) is 33.8 Å². The predicted octanol–water partition coefficient (Wildman–Crippen LogP) is 4.30. The van der Waals surface area contributed by atoms with Crippen molar-refractivity contribution in [3.8, 4) is 0 Å². The quantitative estimate of drug-likeness (QED) is 0.862. The summed E-state index contributed by atoms with van der Waals surface area (Å²) in [5, 5.41) is 4.00. The average Bonchev–Trinajstić information content (AvgIpc) is 2.61. The summed E-state index contributed by atoms with van der Waals surface area (Å²) in [5.41, 5.74) is 0.768. The molecule has 0 saturated heterocycles. The Balaban J connectivity index is 2.06. The van der Waals surface area contributed by atoms with Crippen LogP contribution >= 0.6 is 23.2 Å². The van der Waals surface area contributed by atoms with Gasteiger partial charge in [0.1, 0.15) is 0 Å². The van der Waals surface area contributed by atoms with E-state index in [1.54, 1.807) is 18.2 Å². The summed E-state index contributed by atoms with van der Waals surface area (Å²) in [7, 11) is 0. The summed E-state index contributed by atoms with van der Waals surface area (Å²) in [6.45, 7) is 4.46. The second-order valence-corrected chi connectivity index (χ2v) is 6.55. The Hall–Kier alpha value is -0.730. The Kier molecular flexibility index (Phi) is 3.88. The van der Waals surface area contributed by atoms with E-state index >= 15 is 0 Å². The first kappa shape index (κ1) is 13.7. The molecule has 1 N–H and O–H groups in total. The fraction of sp³-hybridized carbons (Fsp3) is 0.500. The van der Waals surface area contributed by atoms with Gasteiger partial charge in [-0.15, -0.1) is 0 Å². The molecule has 0 aromatic heterocycles. The molecule has 1 aromatic carbocycles. The second-order valence-electron chi connectivity index (χ2n) is 5.70. The Labute approximate surface area is 118 Å². The van der Waals surface area contributed by atoms with Crippen LogP contribution in [0.1, 0.15) is 43.5 Å². The topological polar surface area (TPSA) is 29.1 Å². The van der Waals surface area contributed by atoms with Crippen molar-refractivity contribution in [1.29, 1.82) is 0 Å². The molecule has 0 aliphatic heterocycles. The zero-order valence-electron chi connectivity index (χ0n) is 10.6. The molecule has 1 saturated carbocycles. The lowest BCUT2D eigenvalue weighted by atomic mass is 9.92. The molecule has 2 nitrogen and oxygen atoms in total. The van der Waals surface area contributed by atoms with Gasteiger partial charge >= 0.3 is 0 Å². The number of carbonyl (C=O) groups is 1.